The van der Waals surface area contributed by atoms with Gasteiger partial charge in [0.2, 0.25) is 0 Å². The second kappa shape index (κ2) is 17.8. The van der Waals surface area contributed by atoms with E-state index in [2.05, 4.69) is 306 Å². The lowest BCUT2D eigenvalue weighted by atomic mass is 9.55. The number of allylic oxidation sites excluding steroid dienone is 1. The Morgan fingerprint density at radius 3 is 1.24 bits per heavy atom. The van der Waals surface area contributed by atoms with Crippen LogP contribution in [0.25, 0.3) is 49.7 Å². The second-order valence-corrected chi connectivity index (χ2v) is 27.9. The molecule has 0 fully saturated rings. The number of anilines is 5. The van der Waals surface area contributed by atoms with Crippen LogP contribution >= 0.6 is 0 Å². The molecule has 9 aromatic carbocycles. The van der Waals surface area contributed by atoms with Gasteiger partial charge >= 0.3 is 0 Å². The first kappa shape index (κ1) is 51.8. The molecule has 2 atom stereocenters. The molecule has 0 saturated heterocycles. The Balaban J connectivity index is 1.15. The number of hydrogen-bond acceptors (Lipinski definition) is 4. The van der Waals surface area contributed by atoms with Crippen molar-refractivity contribution in [3.8, 4) is 11.1 Å². The van der Waals surface area contributed by atoms with Crippen molar-refractivity contribution in [2.75, 3.05) is 9.80 Å². The minimum Gasteiger partial charge on any atom is -0.460 e. The Bertz CT molecular complexity index is 4210. The predicted octanol–water partition coefficient (Wildman–Crippen LogP) is 21.7. The summed E-state index contributed by atoms with van der Waals surface area (Å²) in [6.07, 6.45) is 2.69. The summed E-state index contributed by atoms with van der Waals surface area (Å²) in [6, 6.07) is 75.6. The van der Waals surface area contributed by atoms with E-state index in [0.717, 1.165) is 78.4 Å². The largest absolute Gasteiger partial charge is 0.460 e. The van der Waals surface area contributed by atoms with Crippen LogP contribution in [-0.4, -0.2) is 0 Å². The van der Waals surface area contributed by atoms with Crippen molar-refractivity contribution in [3.63, 3.8) is 0 Å². The quantitative estimate of drug-likeness (QED) is 0.166. The molecule has 3 aliphatic rings. The SMILES string of the molecule is CC(C)(C)c1ccc(N(C2=CC3(C)C(c4oc5ccccc5c42)c2c(cc(N(c4ccc(C(C)(C)C)cc4)c4ccc(C(C)(C)C)cc4)c4oc5ccccc5c24)C32c3ccccc3-c3ccccc32)c2ccc(C(C)(C)C)cc2)cc1. The molecule has 3 aliphatic carbocycles. The zero-order chi connectivity index (χ0) is 57.0. The number of benzene rings is 9. The van der Waals surface area contributed by atoms with Gasteiger partial charge in [-0.3, -0.25) is 0 Å². The van der Waals surface area contributed by atoms with Gasteiger partial charge in [-0.25, -0.2) is 0 Å². The number of hydrogen-bond donors (Lipinski definition) is 0. The van der Waals surface area contributed by atoms with Gasteiger partial charge in [-0.2, -0.15) is 0 Å². The number of furan rings is 2. The molecule has 0 radical (unpaired) electrons. The fourth-order valence-electron chi connectivity index (χ4n) is 14.6. The highest BCUT2D eigenvalue weighted by Crippen LogP contribution is 2.75. The lowest BCUT2D eigenvalue weighted by molar-refractivity contribution is 0.267. The smallest absolute Gasteiger partial charge is 0.159 e. The Morgan fingerprint density at radius 2 is 0.793 bits per heavy atom. The summed E-state index contributed by atoms with van der Waals surface area (Å²) in [4.78, 5) is 5.00. The van der Waals surface area contributed by atoms with E-state index in [1.165, 1.54) is 55.6 Å². The minimum atomic E-state index is -0.751. The van der Waals surface area contributed by atoms with Crippen LogP contribution < -0.4 is 9.80 Å². The van der Waals surface area contributed by atoms with Crippen LogP contribution in [0.4, 0.5) is 28.4 Å². The third kappa shape index (κ3) is 7.55. The molecular weight excluding hydrogens is 997 g/mol. The Hall–Kier alpha value is -8.34. The fraction of sp³-hybridized carbons (Fsp3) is 0.256. The van der Waals surface area contributed by atoms with Crippen molar-refractivity contribution in [1.82, 2.24) is 0 Å². The molecule has 14 rings (SSSR count). The molecule has 0 amide bonds. The van der Waals surface area contributed by atoms with Crippen LogP contribution in [0.5, 0.6) is 0 Å². The van der Waals surface area contributed by atoms with Gasteiger partial charge < -0.3 is 18.6 Å². The minimum absolute atomic E-state index is 0.0233. The summed E-state index contributed by atoms with van der Waals surface area (Å²) >= 11 is 0. The molecule has 2 heterocycles. The normalized spacial score (nSPS) is 17.2. The van der Waals surface area contributed by atoms with Gasteiger partial charge in [0.15, 0.2) is 5.58 Å². The topological polar surface area (TPSA) is 32.8 Å². The van der Waals surface area contributed by atoms with Gasteiger partial charge in [-0.1, -0.05) is 230 Å². The van der Waals surface area contributed by atoms with Gasteiger partial charge in [0.1, 0.15) is 16.9 Å². The van der Waals surface area contributed by atoms with E-state index in [9.17, 15) is 0 Å². The van der Waals surface area contributed by atoms with Crippen molar-refractivity contribution >= 4 is 67.0 Å². The van der Waals surface area contributed by atoms with E-state index in [-0.39, 0.29) is 27.6 Å². The average molecular weight is 1070 g/mol. The summed E-state index contributed by atoms with van der Waals surface area (Å²) in [6.45, 7) is 30.1. The van der Waals surface area contributed by atoms with E-state index in [1.54, 1.807) is 0 Å². The highest BCUT2D eigenvalue weighted by molar-refractivity contribution is 6.15. The van der Waals surface area contributed by atoms with Crippen molar-refractivity contribution < 1.29 is 8.83 Å². The first-order chi connectivity index (χ1) is 39.1. The molecule has 1 spiro atoms. The van der Waals surface area contributed by atoms with Gasteiger partial charge in [-0.05, 0) is 144 Å². The van der Waals surface area contributed by atoms with Crippen LogP contribution in [0.1, 0.15) is 152 Å². The van der Waals surface area contributed by atoms with Gasteiger partial charge in [0, 0.05) is 49.9 Å². The van der Waals surface area contributed by atoms with Crippen LogP contribution in [0, 0.1) is 5.41 Å². The van der Waals surface area contributed by atoms with E-state index < -0.39 is 10.8 Å². The molecule has 11 aromatic rings. The third-order valence-corrected chi connectivity index (χ3v) is 18.7. The number of rotatable bonds is 6. The highest BCUT2D eigenvalue weighted by Gasteiger charge is 2.68. The van der Waals surface area contributed by atoms with Crippen LogP contribution in [0.2, 0.25) is 0 Å². The average Bonchev–Trinajstić information content (AvgIpc) is 1.60. The number of nitrogens with zero attached hydrogens (tertiary/aromatic N) is 2. The zero-order valence-corrected chi connectivity index (χ0v) is 49.9. The van der Waals surface area contributed by atoms with E-state index in [4.69, 9.17) is 8.83 Å². The molecule has 0 saturated carbocycles. The Kier molecular flexibility index (Phi) is 11.3. The summed E-state index contributed by atoms with van der Waals surface area (Å²) < 4.78 is 15.2. The second-order valence-electron chi connectivity index (χ2n) is 27.9. The maximum absolute atomic E-state index is 7.71. The first-order valence-corrected chi connectivity index (χ1v) is 29.5. The van der Waals surface area contributed by atoms with Gasteiger partial charge in [0.25, 0.3) is 0 Å². The molecule has 0 aliphatic heterocycles. The molecule has 4 heteroatoms. The fourth-order valence-corrected chi connectivity index (χ4v) is 14.6. The zero-order valence-electron chi connectivity index (χ0n) is 49.9. The maximum Gasteiger partial charge on any atom is 0.159 e. The van der Waals surface area contributed by atoms with Crippen molar-refractivity contribution in [1.29, 1.82) is 0 Å². The van der Waals surface area contributed by atoms with Gasteiger partial charge in [-0.15, -0.1) is 0 Å². The molecular formula is C78H74N2O2. The third-order valence-electron chi connectivity index (χ3n) is 18.7. The van der Waals surface area contributed by atoms with Crippen molar-refractivity contribution in [2.24, 2.45) is 5.41 Å². The van der Waals surface area contributed by atoms with E-state index in [0.29, 0.717) is 0 Å². The van der Waals surface area contributed by atoms with E-state index in [1.807, 2.05) is 0 Å². The molecule has 82 heavy (non-hydrogen) atoms. The molecule has 4 nitrogen and oxygen atoms in total. The monoisotopic (exact) mass is 1070 g/mol. The molecule has 0 bridgehead atoms. The molecule has 408 valence electrons. The summed E-state index contributed by atoms with van der Waals surface area (Å²) in [5.74, 6) is 0.694. The number of fused-ring (bicyclic) bond motifs is 18. The molecule has 2 unspecified atom stereocenters. The van der Waals surface area contributed by atoms with Crippen LogP contribution in [0.3, 0.4) is 0 Å². The lowest BCUT2D eigenvalue weighted by Crippen LogP contribution is -2.44. The highest BCUT2D eigenvalue weighted by atomic mass is 16.3. The maximum atomic E-state index is 7.71. The summed E-state index contributed by atoms with van der Waals surface area (Å²) in [7, 11) is 0. The summed E-state index contributed by atoms with van der Waals surface area (Å²) in [5, 5.41) is 3.31. The van der Waals surface area contributed by atoms with Crippen LogP contribution in [-0.2, 0) is 27.1 Å². The van der Waals surface area contributed by atoms with E-state index >= 15 is 0 Å². The lowest BCUT2D eigenvalue weighted by Gasteiger charge is -2.47. The Morgan fingerprint density at radius 1 is 0.402 bits per heavy atom. The van der Waals surface area contributed by atoms with Crippen molar-refractivity contribution in [3.05, 3.63) is 262 Å². The Labute approximate surface area is 484 Å². The molecule has 0 N–H and O–H groups in total. The summed E-state index contributed by atoms with van der Waals surface area (Å²) in [5.41, 5.74) is 21.3. The van der Waals surface area contributed by atoms with Crippen LogP contribution in [0.15, 0.2) is 215 Å². The van der Waals surface area contributed by atoms with Gasteiger partial charge in [0.05, 0.1) is 22.7 Å². The molecule has 2 aromatic heterocycles. The standard InChI is InChI=1S/C78H74N2O2/c1-73(2,3)48-30-38-52(39-31-48)79(53-40-32-49(33-41-53)74(4,5)6)63-46-62-69(68-59-25-17-21-29-66(59)81-71(63)68)70-72-67(58-24-16-20-28-65(58)82-72)64(47-77(70,13)78(62)60-26-18-14-22-56(60)57-23-15-19-27-61(57)78)80(54-42-34-50(35-43-54)75(7,8)9)55-44-36-51(37-45-55)76(10,11)12/h14-47,70H,1-13H3. The van der Waals surface area contributed by atoms with Crippen molar-refractivity contribution in [2.45, 2.75) is 123 Å². The number of para-hydroxylation sites is 2. The first-order valence-electron chi connectivity index (χ1n) is 29.5. The predicted molar refractivity (Wildman–Crippen MR) is 344 cm³/mol.